The van der Waals surface area contributed by atoms with Crippen LogP contribution < -0.4 is 10.1 Å². The molecule has 2 aromatic heterocycles. The van der Waals surface area contributed by atoms with E-state index in [-0.39, 0.29) is 36.6 Å². The first-order chi connectivity index (χ1) is 21.1. The van der Waals surface area contributed by atoms with Gasteiger partial charge in [-0.2, -0.15) is 13.2 Å². The fourth-order valence-electron chi connectivity index (χ4n) is 6.57. The van der Waals surface area contributed by atoms with Crippen LogP contribution in [0.25, 0.3) is 21.3 Å². The number of rotatable bonds is 9. The Labute approximate surface area is 257 Å². The van der Waals surface area contributed by atoms with Crippen molar-refractivity contribution in [3.05, 3.63) is 30.4 Å². The molecule has 238 valence electrons. The molecule has 3 aliphatic rings. The number of carbonyl (C=O) groups is 1. The Morgan fingerprint density at radius 2 is 1.95 bits per heavy atom. The zero-order chi connectivity index (χ0) is 31.0. The number of hydrogen-bond acceptors (Lipinski definition) is 10. The Morgan fingerprint density at radius 1 is 1.18 bits per heavy atom. The minimum atomic E-state index is -4.19. The Balaban J connectivity index is 1.05. The second kappa shape index (κ2) is 12.8. The summed E-state index contributed by atoms with van der Waals surface area (Å²) in [5, 5.41) is 13.4. The summed E-state index contributed by atoms with van der Waals surface area (Å²) < 4.78 is 50.7. The molecule has 0 radical (unpaired) electrons. The molecule has 2 saturated carbocycles. The predicted octanol–water partition coefficient (Wildman–Crippen LogP) is 4.48. The molecule has 1 amide bonds. The van der Waals surface area contributed by atoms with E-state index in [9.17, 15) is 23.1 Å². The Kier molecular flexibility index (Phi) is 9.07. The van der Waals surface area contributed by atoms with E-state index in [1.807, 2.05) is 19.1 Å². The third-order valence-corrected chi connectivity index (χ3v) is 9.91. The summed E-state index contributed by atoms with van der Waals surface area (Å²) in [6, 6.07) is 3.97. The first-order valence-corrected chi connectivity index (χ1v) is 15.8. The number of thiazole rings is 1. The number of hydrogen-bond donors (Lipinski definition) is 2. The van der Waals surface area contributed by atoms with Gasteiger partial charge in [0.1, 0.15) is 12.4 Å². The maximum atomic E-state index is 13.1. The van der Waals surface area contributed by atoms with Crippen LogP contribution in [0.3, 0.4) is 0 Å². The molecule has 44 heavy (non-hydrogen) atoms. The molecule has 3 fully saturated rings. The fourth-order valence-corrected chi connectivity index (χ4v) is 7.56. The molecule has 0 spiro atoms. The minimum absolute atomic E-state index is 0.00640. The van der Waals surface area contributed by atoms with Gasteiger partial charge in [0, 0.05) is 61.2 Å². The number of piperazine rings is 1. The van der Waals surface area contributed by atoms with Crippen LogP contribution in [0.4, 0.5) is 18.3 Å². The molecular formula is C30H37F3N6O4S. The van der Waals surface area contributed by atoms with Gasteiger partial charge in [-0.25, -0.2) is 15.0 Å². The summed E-state index contributed by atoms with van der Waals surface area (Å²) >= 11 is 1.34. The molecule has 3 atom stereocenters. The van der Waals surface area contributed by atoms with Crippen LogP contribution in [0.2, 0.25) is 0 Å². The number of nitrogens with one attached hydrogen (secondary N) is 1. The van der Waals surface area contributed by atoms with E-state index in [0.717, 1.165) is 35.1 Å². The number of alkyl halides is 3. The monoisotopic (exact) mass is 634 g/mol. The van der Waals surface area contributed by atoms with Crippen molar-refractivity contribution in [3.63, 3.8) is 0 Å². The van der Waals surface area contributed by atoms with Gasteiger partial charge in [-0.15, -0.1) is 0 Å². The molecule has 10 nitrogen and oxygen atoms in total. The van der Waals surface area contributed by atoms with Crippen molar-refractivity contribution in [2.75, 3.05) is 38.6 Å². The van der Waals surface area contributed by atoms with Gasteiger partial charge in [-0.1, -0.05) is 11.3 Å². The summed E-state index contributed by atoms with van der Waals surface area (Å²) in [5.74, 6) is 0.886. The lowest BCUT2D eigenvalue weighted by atomic mass is 9.78. The smallest absolute Gasteiger partial charge is 0.401 e. The van der Waals surface area contributed by atoms with Crippen LogP contribution in [0.1, 0.15) is 44.9 Å². The standard InChI is InChI=1S/C30H37F3N6O4S/c1-17-14-38(16-30(31,32)33)8-9-39(17)20-10-18(11-20)28(41)37-29-36-22-7-6-21(26(42-2)27(22)44-29)19-12-34-25(35-13-19)15-43-24-5-3-4-23(24)40/h6-7,12-13,17-18,20,23-24,40H,3-5,8-11,14-16H2,1-2H3,(H,36,37,41)/t17-,18?,20?,23-,24-/m0/s1. The minimum Gasteiger partial charge on any atom is -0.495 e. The van der Waals surface area contributed by atoms with Crippen LogP contribution >= 0.6 is 11.3 Å². The third-order valence-electron chi connectivity index (χ3n) is 8.93. The lowest BCUT2D eigenvalue weighted by Crippen LogP contribution is -2.60. The number of carbonyl (C=O) groups excluding carboxylic acids is 1. The molecule has 2 aliphatic carbocycles. The van der Waals surface area contributed by atoms with E-state index >= 15 is 0 Å². The number of aromatic nitrogens is 3. The number of nitrogens with zero attached hydrogens (tertiary/aromatic N) is 5. The van der Waals surface area contributed by atoms with E-state index in [0.29, 0.717) is 54.7 Å². The van der Waals surface area contributed by atoms with E-state index < -0.39 is 18.8 Å². The number of halogens is 3. The van der Waals surface area contributed by atoms with Crippen molar-refractivity contribution in [1.29, 1.82) is 0 Å². The van der Waals surface area contributed by atoms with Gasteiger partial charge in [-0.05, 0) is 51.2 Å². The highest BCUT2D eigenvalue weighted by atomic mass is 32.1. The van der Waals surface area contributed by atoms with E-state index in [1.165, 1.54) is 16.2 Å². The van der Waals surface area contributed by atoms with Crippen LogP contribution in [-0.4, -0.2) is 99.5 Å². The van der Waals surface area contributed by atoms with E-state index in [4.69, 9.17) is 9.47 Å². The molecule has 1 aromatic carbocycles. The van der Waals surface area contributed by atoms with Gasteiger partial charge in [0.05, 0.1) is 36.1 Å². The maximum Gasteiger partial charge on any atom is 0.401 e. The maximum absolute atomic E-state index is 13.1. The largest absolute Gasteiger partial charge is 0.495 e. The van der Waals surface area contributed by atoms with Gasteiger partial charge in [-0.3, -0.25) is 14.6 Å². The molecule has 3 heterocycles. The highest BCUT2D eigenvalue weighted by Crippen LogP contribution is 2.41. The quantitative estimate of drug-likeness (QED) is 0.352. The Bertz CT molecular complexity index is 1470. The van der Waals surface area contributed by atoms with Crippen LogP contribution in [0.15, 0.2) is 24.5 Å². The second-order valence-corrected chi connectivity index (χ2v) is 13.0. The average molecular weight is 635 g/mol. The van der Waals surface area contributed by atoms with Gasteiger partial charge in [0.2, 0.25) is 5.91 Å². The van der Waals surface area contributed by atoms with Crippen molar-refractivity contribution < 1.29 is 32.5 Å². The zero-order valence-corrected chi connectivity index (χ0v) is 25.5. The number of benzene rings is 1. The summed E-state index contributed by atoms with van der Waals surface area (Å²) in [6.07, 6.45) is 2.53. The van der Waals surface area contributed by atoms with Crippen molar-refractivity contribution in [1.82, 2.24) is 24.8 Å². The molecular weight excluding hydrogens is 597 g/mol. The van der Waals surface area contributed by atoms with E-state index in [2.05, 4.69) is 25.2 Å². The number of ether oxygens (including phenoxy) is 2. The van der Waals surface area contributed by atoms with Gasteiger partial charge >= 0.3 is 6.18 Å². The van der Waals surface area contributed by atoms with Crippen molar-refractivity contribution >= 4 is 32.6 Å². The van der Waals surface area contributed by atoms with Crippen LogP contribution in [-0.2, 0) is 16.1 Å². The number of amides is 1. The molecule has 2 N–H and O–H groups in total. The average Bonchev–Trinajstić information content (AvgIpc) is 3.56. The number of aliphatic hydroxyl groups excluding tert-OH is 1. The molecule has 0 unspecified atom stereocenters. The first kappa shape index (κ1) is 31.1. The summed E-state index contributed by atoms with van der Waals surface area (Å²) in [4.78, 5) is 30.2. The normalized spacial score (nSPS) is 26.5. The number of methoxy groups -OCH3 is 1. The summed E-state index contributed by atoms with van der Waals surface area (Å²) in [5.41, 5.74) is 2.26. The second-order valence-electron chi connectivity index (χ2n) is 12.0. The molecule has 1 saturated heterocycles. The van der Waals surface area contributed by atoms with Gasteiger partial charge in [0.25, 0.3) is 0 Å². The molecule has 6 rings (SSSR count). The van der Waals surface area contributed by atoms with Crippen LogP contribution in [0, 0.1) is 5.92 Å². The van der Waals surface area contributed by atoms with Gasteiger partial charge in [0.15, 0.2) is 11.0 Å². The predicted molar refractivity (Wildman–Crippen MR) is 159 cm³/mol. The zero-order valence-electron chi connectivity index (χ0n) is 24.7. The highest BCUT2D eigenvalue weighted by Gasteiger charge is 2.42. The Morgan fingerprint density at radius 3 is 2.61 bits per heavy atom. The molecule has 3 aromatic rings. The lowest BCUT2D eigenvalue weighted by molar-refractivity contribution is -0.154. The van der Waals surface area contributed by atoms with Gasteiger partial charge < -0.3 is 19.9 Å². The van der Waals surface area contributed by atoms with Crippen molar-refractivity contribution in [2.24, 2.45) is 5.92 Å². The van der Waals surface area contributed by atoms with E-state index in [1.54, 1.807) is 19.5 Å². The molecule has 1 aliphatic heterocycles. The third kappa shape index (κ3) is 6.84. The number of aliphatic hydroxyl groups is 1. The van der Waals surface area contributed by atoms with Crippen molar-refractivity contribution in [2.45, 2.75) is 76.1 Å². The summed E-state index contributed by atoms with van der Waals surface area (Å²) in [7, 11) is 1.59. The molecule has 0 bridgehead atoms. The topological polar surface area (TPSA) is 113 Å². The number of fused-ring (bicyclic) bond motifs is 1. The summed E-state index contributed by atoms with van der Waals surface area (Å²) in [6.45, 7) is 2.63. The highest BCUT2D eigenvalue weighted by molar-refractivity contribution is 7.22. The fraction of sp³-hybridized carbons (Fsp3) is 0.600. The molecule has 14 heteroatoms. The lowest BCUT2D eigenvalue weighted by Gasteiger charge is -2.49. The first-order valence-electron chi connectivity index (χ1n) is 15.0. The van der Waals surface area contributed by atoms with Crippen molar-refractivity contribution in [3.8, 4) is 16.9 Å². The Hall–Kier alpha value is -2.91. The SMILES string of the molecule is COc1c(-c2cnc(CO[C@H]3CCC[C@@H]3O)nc2)ccc2nc(NC(=O)C3CC(N4CCN(CC(F)(F)F)C[C@@H]4C)C3)sc12. The van der Waals surface area contributed by atoms with Crippen LogP contribution in [0.5, 0.6) is 5.75 Å². The number of anilines is 1.